The van der Waals surface area contributed by atoms with Gasteiger partial charge in [-0.25, -0.2) is 0 Å². The van der Waals surface area contributed by atoms with E-state index in [1.165, 1.54) is 19.3 Å². The monoisotopic (exact) mass is 250 g/mol. The van der Waals surface area contributed by atoms with Gasteiger partial charge in [0.2, 0.25) is 0 Å². The van der Waals surface area contributed by atoms with Crippen LogP contribution in [0.5, 0.6) is 0 Å². The highest BCUT2D eigenvalue weighted by Gasteiger charge is 1.80. The molecule has 114 valence electrons. The highest BCUT2D eigenvalue weighted by atomic mass is 13.9. The molecule has 0 aromatic rings. The molecule has 0 aliphatic carbocycles. The third-order valence-electron chi connectivity index (χ3n) is 0.816. The van der Waals surface area contributed by atoms with Crippen LogP contribution in [0.25, 0.3) is 0 Å². The Kier molecular flexibility index (Phi) is 212. The second-order valence-corrected chi connectivity index (χ2v) is 3.22. The lowest BCUT2D eigenvalue weighted by Crippen LogP contribution is -1.77. The molecule has 0 N–H and O–H groups in total. The summed E-state index contributed by atoms with van der Waals surface area (Å²) in [7, 11) is 0. The van der Waals surface area contributed by atoms with Gasteiger partial charge in [0.1, 0.15) is 0 Å². The highest BCUT2D eigenvalue weighted by Crippen LogP contribution is 1.93. The predicted octanol–water partition coefficient (Wildman–Crippen LogP) is 7.96. The molecule has 0 atom stereocenters. The van der Waals surface area contributed by atoms with Gasteiger partial charge in [-0.2, -0.15) is 0 Å². The van der Waals surface area contributed by atoms with Gasteiger partial charge in [0.25, 0.3) is 0 Å². The lowest BCUT2D eigenvalue weighted by molar-refractivity contribution is 0.626. The molecule has 0 nitrogen and oxygen atoms in total. The normalized spacial score (nSPS) is 6.00. The quantitative estimate of drug-likeness (QED) is 0.442. The Morgan fingerprint density at radius 3 is 0.588 bits per heavy atom. The number of hydrogen-bond acceptors (Lipinski definition) is 0. The molecule has 0 aromatic heterocycles. The van der Waals surface area contributed by atoms with Gasteiger partial charge in [0.05, 0.1) is 0 Å². The summed E-state index contributed by atoms with van der Waals surface area (Å²) < 4.78 is 0. The first-order valence-electron chi connectivity index (χ1n) is 8.10. The molecule has 0 bridgehead atoms. The fraction of sp³-hybridized carbons (Fsp3) is 1.00. The van der Waals surface area contributed by atoms with E-state index in [1.54, 1.807) is 0 Å². The van der Waals surface area contributed by atoms with Crippen molar-refractivity contribution in [2.45, 2.75) is 109 Å². The zero-order valence-corrected chi connectivity index (χ0v) is 15.7. The Bertz CT molecular complexity index is 27.0. The van der Waals surface area contributed by atoms with Gasteiger partial charge in [-0.15, -0.1) is 0 Å². The largest absolute Gasteiger partial charge is 0.0683 e. The van der Waals surface area contributed by atoms with Crippen LogP contribution < -0.4 is 0 Å². The summed E-state index contributed by atoms with van der Waals surface area (Å²) in [5, 5.41) is 0. The summed E-state index contributed by atoms with van der Waals surface area (Å²) in [6, 6.07) is 0. The van der Waals surface area contributed by atoms with Gasteiger partial charge < -0.3 is 0 Å². The Morgan fingerprint density at radius 1 is 0.529 bits per heavy atom. The summed E-state index contributed by atoms with van der Waals surface area (Å²) in [4.78, 5) is 0. The molecule has 0 aromatic carbocycles. The molecule has 0 rings (SSSR count). The van der Waals surface area contributed by atoms with Crippen LogP contribution >= 0.6 is 0 Å². The first-order chi connectivity index (χ1) is 8.10. The van der Waals surface area contributed by atoms with E-state index in [1.807, 2.05) is 41.5 Å². The van der Waals surface area contributed by atoms with E-state index in [9.17, 15) is 0 Å². The molecule has 0 heterocycles. The van der Waals surface area contributed by atoms with E-state index in [-0.39, 0.29) is 0 Å². The Morgan fingerprint density at radius 2 is 0.588 bits per heavy atom. The van der Waals surface area contributed by atoms with Crippen molar-refractivity contribution in [2.24, 2.45) is 5.92 Å². The Labute approximate surface area is 116 Å². The van der Waals surface area contributed by atoms with Crippen molar-refractivity contribution in [3.05, 3.63) is 0 Å². The predicted molar refractivity (Wildman–Crippen MR) is 91.1 cm³/mol. The molecule has 0 unspecified atom stereocenters. The number of rotatable bonds is 1. The van der Waals surface area contributed by atoms with Crippen molar-refractivity contribution in [1.82, 2.24) is 0 Å². The van der Waals surface area contributed by atoms with Crippen LogP contribution in [0.3, 0.4) is 0 Å². The Hall–Kier alpha value is 0. The molecular formula is C17H46. The van der Waals surface area contributed by atoms with Crippen molar-refractivity contribution in [3.63, 3.8) is 0 Å². The zero-order chi connectivity index (χ0) is 15.7. The minimum Gasteiger partial charge on any atom is -0.0683 e. The van der Waals surface area contributed by atoms with Crippen LogP contribution in [0.4, 0.5) is 0 Å². The molecule has 0 aliphatic heterocycles. The van der Waals surface area contributed by atoms with Crippen LogP contribution in [0.15, 0.2) is 0 Å². The van der Waals surface area contributed by atoms with Gasteiger partial charge in [0, 0.05) is 0 Å². The van der Waals surface area contributed by atoms with Crippen LogP contribution in [0, 0.1) is 5.92 Å². The molecule has 0 heteroatoms. The lowest BCUT2D eigenvalue weighted by atomic mass is 10.2. The van der Waals surface area contributed by atoms with E-state index in [0.29, 0.717) is 0 Å². The van der Waals surface area contributed by atoms with E-state index in [4.69, 9.17) is 0 Å². The molecule has 0 radical (unpaired) electrons. The highest BCUT2D eigenvalue weighted by molar-refractivity contribution is 4.32. The van der Waals surface area contributed by atoms with Crippen LogP contribution in [0.2, 0.25) is 0 Å². The summed E-state index contributed by atoms with van der Waals surface area (Å²) in [6.45, 7) is 27.1. The SMILES string of the molecule is CC.CC.CC.CCC.CCC.CCC(C)C. The van der Waals surface area contributed by atoms with Gasteiger partial charge >= 0.3 is 0 Å². The minimum atomic E-state index is 0.884. The second-order valence-electron chi connectivity index (χ2n) is 3.22. The smallest absolute Gasteiger partial charge is 0.0474 e. The summed E-state index contributed by atoms with van der Waals surface area (Å²) in [6.07, 6.45) is 3.81. The Balaban J connectivity index is -0.0000000225. The van der Waals surface area contributed by atoms with Gasteiger partial charge in [-0.05, 0) is 5.92 Å². The van der Waals surface area contributed by atoms with Crippen molar-refractivity contribution >= 4 is 0 Å². The average Bonchev–Trinajstić information content (AvgIpc) is 2.38. The van der Waals surface area contributed by atoms with E-state index < -0.39 is 0 Å². The summed E-state index contributed by atoms with van der Waals surface area (Å²) >= 11 is 0. The average molecular weight is 251 g/mol. The molecule has 17 heavy (non-hydrogen) atoms. The molecular weight excluding hydrogens is 204 g/mol. The van der Waals surface area contributed by atoms with E-state index >= 15 is 0 Å². The molecule has 0 saturated carbocycles. The molecule has 0 aliphatic rings. The van der Waals surface area contributed by atoms with Gasteiger partial charge in [0.15, 0.2) is 0 Å². The standard InChI is InChI=1S/C5H12.2C3H8.3C2H6/c1-4-5(2)3;2*1-3-2;3*1-2/h5H,4H2,1-3H3;2*3H2,1-2H3;3*1-2H3. The maximum atomic E-state index is 2.22. The molecule has 0 amide bonds. The first-order valence-corrected chi connectivity index (χ1v) is 8.10. The second kappa shape index (κ2) is 100. The summed E-state index contributed by atoms with van der Waals surface area (Å²) in [5.41, 5.74) is 0. The van der Waals surface area contributed by atoms with Crippen LogP contribution in [0.1, 0.15) is 109 Å². The molecule has 0 saturated heterocycles. The maximum Gasteiger partial charge on any atom is -0.0474 e. The van der Waals surface area contributed by atoms with Crippen molar-refractivity contribution in [2.75, 3.05) is 0 Å². The third-order valence-corrected chi connectivity index (χ3v) is 0.816. The maximum absolute atomic E-state index is 2.22. The first kappa shape index (κ1) is 36.0. The minimum absolute atomic E-state index is 0.884. The van der Waals surface area contributed by atoms with E-state index in [2.05, 4.69) is 48.5 Å². The lowest BCUT2D eigenvalue weighted by Gasteiger charge is -1.90. The summed E-state index contributed by atoms with van der Waals surface area (Å²) in [5.74, 6) is 0.884. The number of hydrogen-bond donors (Lipinski definition) is 0. The van der Waals surface area contributed by atoms with Crippen LogP contribution in [-0.4, -0.2) is 0 Å². The fourth-order valence-corrected chi connectivity index (χ4v) is 0. The van der Waals surface area contributed by atoms with Gasteiger partial charge in [-0.3, -0.25) is 0 Å². The van der Waals surface area contributed by atoms with E-state index in [0.717, 1.165) is 5.92 Å². The van der Waals surface area contributed by atoms with Gasteiger partial charge in [-0.1, -0.05) is 109 Å². The van der Waals surface area contributed by atoms with Crippen LogP contribution in [-0.2, 0) is 0 Å². The topological polar surface area (TPSA) is 0 Å². The van der Waals surface area contributed by atoms with Crippen molar-refractivity contribution in [1.29, 1.82) is 0 Å². The third kappa shape index (κ3) is 784. The molecule has 0 fully saturated rings. The van der Waals surface area contributed by atoms with Crippen molar-refractivity contribution < 1.29 is 0 Å². The van der Waals surface area contributed by atoms with Crippen molar-refractivity contribution in [3.8, 4) is 0 Å². The fourth-order valence-electron chi connectivity index (χ4n) is 0. The molecule has 0 spiro atoms. The zero-order valence-electron chi connectivity index (χ0n) is 15.7.